The number of anilines is 1. The number of para-hydroxylation sites is 1. The molecule has 0 N–H and O–H groups in total. The van der Waals surface area contributed by atoms with Crippen LogP contribution in [0.4, 0.5) is 5.69 Å². The molecular formula is C9H9ClN2. The molecule has 0 saturated carbocycles. The average molecular weight is 181 g/mol. The lowest BCUT2D eigenvalue weighted by Gasteiger charge is -2.23. The van der Waals surface area contributed by atoms with Crippen LogP contribution in [0.1, 0.15) is 5.56 Å². The molecule has 62 valence electrons. The molecule has 0 radical (unpaired) electrons. The molecule has 1 heterocycles. The Balaban J connectivity index is 2.58. The first-order valence-electron chi connectivity index (χ1n) is 3.79. The summed E-state index contributed by atoms with van der Waals surface area (Å²) in [6.45, 7) is 0.649. The van der Waals surface area contributed by atoms with Gasteiger partial charge in [0.2, 0.25) is 0 Å². The number of benzene rings is 1. The van der Waals surface area contributed by atoms with Gasteiger partial charge in [-0.3, -0.25) is 4.99 Å². The number of nitrogens with zero attached hydrogens (tertiary/aromatic N) is 2. The van der Waals surface area contributed by atoms with Gasteiger partial charge < -0.3 is 4.90 Å². The fraction of sp³-hybridized carbons (Fsp3) is 0.222. The summed E-state index contributed by atoms with van der Waals surface area (Å²) in [5.74, 6) is 0. The van der Waals surface area contributed by atoms with Crippen LogP contribution in [0.5, 0.6) is 0 Å². The van der Waals surface area contributed by atoms with Crippen molar-refractivity contribution in [1.29, 1.82) is 0 Å². The molecule has 0 aliphatic carbocycles. The van der Waals surface area contributed by atoms with Crippen LogP contribution in [0.25, 0.3) is 0 Å². The van der Waals surface area contributed by atoms with E-state index in [4.69, 9.17) is 11.6 Å². The third-order valence-electron chi connectivity index (χ3n) is 1.96. The van der Waals surface area contributed by atoms with Gasteiger partial charge in [0.15, 0.2) is 0 Å². The lowest BCUT2D eigenvalue weighted by atomic mass is 10.1. The Morgan fingerprint density at radius 2 is 2.17 bits per heavy atom. The van der Waals surface area contributed by atoms with Crippen LogP contribution >= 0.6 is 11.6 Å². The van der Waals surface area contributed by atoms with E-state index in [0.29, 0.717) is 11.8 Å². The summed E-state index contributed by atoms with van der Waals surface area (Å²) in [6, 6.07) is 8.00. The normalized spacial score (nSPS) is 15.5. The molecule has 0 atom stereocenters. The van der Waals surface area contributed by atoms with E-state index >= 15 is 0 Å². The van der Waals surface area contributed by atoms with Gasteiger partial charge in [0.25, 0.3) is 0 Å². The van der Waals surface area contributed by atoms with Gasteiger partial charge in [0.05, 0.1) is 0 Å². The van der Waals surface area contributed by atoms with Crippen LogP contribution in [0.15, 0.2) is 29.3 Å². The molecule has 0 amide bonds. The van der Waals surface area contributed by atoms with E-state index in [1.165, 1.54) is 0 Å². The zero-order chi connectivity index (χ0) is 8.55. The summed E-state index contributed by atoms with van der Waals surface area (Å²) >= 11 is 5.94. The minimum Gasteiger partial charge on any atom is -0.355 e. The molecule has 0 saturated heterocycles. The van der Waals surface area contributed by atoms with Crippen LogP contribution in [-0.4, -0.2) is 18.9 Å². The average Bonchev–Trinajstić information content (AvgIpc) is 2.12. The third-order valence-corrected chi connectivity index (χ3v) is 2.28. The Morgan fingerprint density at radius 3 is 2.92 bits per heavy atom. The second-order valence-electron chi connectivity index (χ2n) is 2.81. The first-order valence-corrected chi connectivity index (χ1v) is 4.17. The van der Waals surface area contributed by atoms with Crippen molar-refractivity contribution < 1.29 is 0 Å². The Kier molecular flexibility index (Phi) is 1.77. The van der Waals surface area contributed by atoms with Crippen molar-refractivity contribution in [3.05, 3.63) is 29.8 Å². The van der Waals surface area contributed by atoms with Crippen molar-refractivity contribution >= 4 is 22.5 Å². The number of aliphatic imine (C=N–C) groups is 1. The van der Waals surface area contributed by atoms with Crippen molar-refractivity contribution in [3.8, 4) is 0 Å². The smallest absolute Gasteiger partial charge is 0.135 e. The van der Waals surface area contributed by atoms with E-state index in [-0.39, 0.29) is 0 Å². The molecule has 2 rings (SSSR count). The highest BCUT2D eigenvalue weighted by Crippen LogP contribution is 2.24. The third kappa shape index (κ3) is 1.08. The minimum absolute atomic E-state index is 0.615. The van der Waals surface area contributed by atoms with Crippen LogP contribution < -0.4 is 4.90 Å². The highest BCUT2D eigenvalue weighted by molar-refractivity contribution is 6.70. The van der Waals surface area contributed by atoms with Crippen LogP contribution in [0.2, 0.25) is 0 Å². The number of halogens is 1. The molecule has 0 aromatic heterocycles. The van der Waals surface area contributed by atoms with Crippen LogP contribution in [0.3, 0.4) is 0 Å². The van der Waals surface area contributed by atoms with Crippen molar-refractivity contribution in [2.24, 2.45) is 4.99 Å². The summed E-state index contributed by atoms with van der Waals surface area (Å²) in [6.07, 6.45) is 0. The highest BCUT2D eigenvalue weighted by atomic mass is 35.5. The second kappa shape index (κ2) is 2.79. The highest BCUT2D eigenvalue weighted by Gasteiger charge is 2.14. The summed E-state index contributed by atoms with van der Waals surface area (Å²) < 4.78 is 0. The molecule has 1 aliphatic heterocycles. The SMILES string of the molecule is CN1CN=C(Cl)c2ccccc21. The maximum absolute atomic E-state index is 5.94. The summed E-state index contributed by atoms with van der Waals surface area (Å²) in [5, 5.41) is 0.615. The number of hydrogen-bond donors (Lipinski definition) is 0. The van der Waals surface area contributed by atoms with E-state index < -0.39 is 0 Å². The lowest BCUT2D eigenvalue weighted by molar-refractivity contribution is 0.921. The van der Waals surface area contributed by atoms with Crippen LogP contribution in [0, 0.1) is 0 Å². The number of hydrogen-bond acceptors (Lipinski definition) is 2. The summed E-state index contributed by atoms with van der Waals surface area (Å²) in [5.41, 5.74) is 2.17. The van der Waals surface area contributed by atoms with E-state index in [0.717, 1.165) is 11.3 Å². The first kappa shape index (κ1) is 7.62. The molecule has 1 aromatic rings. The fourth-order valence-corrected chi connectivity index (χ4v) is 1.52. The van der Waals surface area contributed by atoms with E-state index in [2.05, 4.69) is 9.89 Å². The molecule has 2 nitrogen and oxygen atoms in total. The number of fused-ring (bicyclic) bond motifs is 1. The molecule has 12 heavy (non-hydrogen) atoms. The Hall–Kier alpha value is -1.02. The molecule has 0 unspecified atom stereocenters. The topological polar surface area (TPSA) is 15.6 Å². The van der Waals surface area contributed by atoms with Crippen molar-refractivity contribution in [2.45, 2.75) is 0 Å². The van der Waals surface area contributed by atoms with E-state index in [1.807, 2.05) is 31.3 Å². The monoisotopic (exact) mass is 180 g/mol. The van der Waals surface area contributed by atoms with Gasteiger partial charge >= 0.3 is 0 Å². The molecule has 0 spiro atoms. The molecule has 3 heteroatoms. The zero-order valence-corrected chi connectivity index (χ0v) is 7.54. The zero-order valence-electron chi connectivity index (χ0n) is 6.79. The summed E-state index contributed by atoms with van der Waals surface area (Å²) in [4.78, 5) is 6.23. The Labute approximate surface area is 76.5 Å². The van der Waals surface area contributed by atoms with Gasteiger partial charge in [-0.05, 0) is 12.1 Å². The predicted octanol–water partition coefficient (Wildman–Crippen LogP) is 2.08. The van der Waals surface area contributed by atoms with Crippen molar-refractivity contribution in [2.75, 3.05) is 18.6 Å². The summed E-state index contributed by atoms with van der Waals surface area (Å²) in [7, 11) is 2.01. The van der Waals surface area contributed by atoms with Gasteiger partial charge in [-0.25, -0.2) is 0 Å². The molecule has 0 bridgehead atoms. The van der Waals surface area contributed by atoms with Crippen LogP contribution in [-0.2, 0) is 0 Å². The Morgan fingerprint density at radius 1 is 1.42 bits per heavy atom. The standard InChI is InChI=1S/C9H9ClN2/c1-12-6-11-9(10)7-4-2-3-5-8(7)12/h2-5H,6H2,1H3. The Bertz CT molecular complexity index is 333. The first-order chi connectivity index (χ1) is 5.79. The van der Waals surface area contributed by atoms with Crippen molar-refractivity contribution in [3.63, 3.8) is 0 Å². The fourth-order valence-electron chi connectivity index (χ4n) is 1.31. The predicted molar refractivity (Wildman–Crippen MR) is 52.1 cm³/mol. The maximum atomic E-state index is 5.94. The molecular weight excluding hydrogens is 172 g/mol. The maximum Gasteiger partial charge on any atom is 0.135 e. The van der Waals surface area contributed by atoms with Gasteiger partial charge in [-0.1, -0.05) is 23.7 Å². The minimum atomic E-state index is 0.615. The number of rotatable bonds is 0. The quantitative estimate of drug-likeness (QED) is 0.597. The molecule has 1 aliphatic rings. The van der Waals surface area contributed by atoms with Gasteiger partial charge in [0, 0.05) is 18.3 Å². The lowest BCUT2D eigenvalue weighted by Crippen LogP contribution is -2.23. The molecule has 0 fully saturated rings. The molecule has 1 aromatic carbocycles. The second-order valence-corrected chi connectivity index (χ2v) is 3.16. The van der Waals surface area contributed by atoms with Gasteiger partial charge in [0.1, 0.15) is 11.8 Å². The van der Waals surface area contributed by atoms with Crippen molar-refractivity contribution in [1.82, 2.24) is 0 Å². The van der Waals surface area contributed by atoms with E-state index in [9.17, 15) is 0 Å². The van der Waals surface area contributed by atoms with E-state index in [1.54, 1.807) is 0 Å². The largest absolute Gasteiger partial charge is 0.355 e. The van der Waals surface area contributed by atoms with Gasteiger partial charge in [-0.2, -0.15) is 0 Å². The van der Waals surface area contributed by atoms with Gasteiger partial charge in [-0.15, -0.1) is 0 Å².